The number of fused-ring (bicyclic) bond motifs is 1. The zero-order chi connectivity index (χ0) is 14.8. The number of carbonyl (C=O) groups excluding carboxylic acids is 2. The van der Waals surface area contributed by atoms with Crippen LogP contribution in [0.15, 0.2) is 57.6 Å². The van der Waals surface area contributed by atoms with Gasteiger partial charge in [-0.1, -0.05) is 30.3 Å². The highest BCUT2D eigenvalue weighted by Gasteiger charge is 2.17. The second kappa shape index (κ2) is 5.54. The van der Waals surface area contributed by atoms with E-state index in [0.29, 0.717) is 21.9 Å². The highest BCUT2D eigenvalue weighted by molar-refractivity contribution is 9.10. The standard InChI is InChI=1S/C16H9BrO4/c17-14-8-7-13(20-14)16(19)21-15-11(9-18)6-5-10-3-1-2-4-12(10)15/h1-9H. The number of carbonyl (C=O) groups is 2. The molecule has 1 heterocycles. The summed E-state index contributed by atoms with van der Waals surface area (Å²) in [6.45, 7) is 0. The van der Waals surface area contributed by atoms with Crippen LogP contribution in [0.3, 0.4) is 0 Å². The average molecular weight is 345 g/mol. The smallest absolute Gasteiger partial charge is 0.379 e. The first-order valence-corrected chi connectivity index (χ1v) is 6.93. The van der Waals surface area contributed by atoms with E-state index < -0.39 is 5.97 Å². The summed E-state index contributed by atoms with van der Waals surface area (Å²) in [4.78, 5) is 23.3. The van der Waals surface area contributed by atoms with Gasteiger partial charge in [0.1, 0.15) is 5.75 Å². The van der Waals surface area contributed by atoms with E-state index >= 15 is 0 Å². The molecule has 104 valence electrons. The summed E-state index contributed by atoms with van der Waals surface area (Å²) in [5, 5.41) is 1.58. The third-order valence-corrected chi connectivity index (χ3v) is 3.43. The summed E-state index contributed by atoms with van der Waals surface area (Å²) < 4.78 is 11.0. The lowest BCUT2D eigenvalue weighted by atomic mass is 10.1. The molecule has 21 heavy (non-hydrogen) atoms. The van der Waals surface area contributed by atoms with Crippen molar-refractivity contribution in [2.24, 2.45) is 0 Å². The lowest BCUT2D eigenvalue weighted by Gasteiger charge is -2.09. The number of hydrogen-bond donors (Lipinski definition) is 0. The Bertz CT molecular complexity index is 835. The predicted octanol–water partition coefficient (Wildman–Crippen LogP) is 4.23. The fourth-order valence-electron chi connectivity index (χ4n) is 2.03. The minimum atomic E-state index is -0.653. The molecule has 0 aliphatic carbocycles. The second-order valence-electron chi connectivity index (χ2n) is 4.32. The van der Waals surface area contributed by atoms with Crippen molar-refractivity contribution in [2.75, 3.05) is 0 Å². The molecule has 0 amide bonds. The zero-order valence-corrected chi connectivity index (χ0v) is 12.3. The van der Waals surface area contributed by atoms with Crippen LogP contribution < -0.4 is 4.74 Å². The highest BCUT2D eigenvalue weighted by atomic mass is 79.9. The van der Waals surface area contributed by atoms with E-state index in [0.717, 1.165) is 5.39 Å². The Kier molecular flexibility index (Phi) is 3.58. The third kappa shape index (κ3) is 2.60. The molecule has 1 aromatic heterocycles. The molecule has 0 fully saturated rings. The van der Waals surface area contributed by atoms with Gasteiger partial charge in [0.2, 0.25) is 5.76 Å². The molecule has 0 bridgehead atoms. The van der Waals surface area contributed by atoms with Crippen molar-refractivity contribution in [3.63, 3.8) is 0 Å². The van der Waals surface area contributed by atoms with Gasteiger partial charge in [0, 0.05) is 5.39 Å². The number of rotatable bonds is 3. The molecular formula is C16H9BrO4. The first kappa shape index (κ1) is 13.6. The molecule has 0 unspecified atom stereocenters. The first-order valence-electron chi connectivity index (χ1n) is 6.13. The number of furan rings is 1. The maximum Gasteiger partial charge on any atom is 0.379 e. The maximum atomic E-state index is 12.1. The molecule has 0 saturated carbocycles. The van der Waals surface area contributed by atoms with E-state index in [1.807, 2.05) is 18.2 Å². The number of hydrogen-bond acceptors (Lipinski definition) is 4. The molecule has 0 aliphatic heterocycles. The Morgan fingerprint density at radius 2 is 1.90 bits per heavy atom. The second-order valence-corrected chi connectivity index (χ2v) is 5.10. The van der Waals surface area contributed by atoms with Gasteiger partial charge in [-0.2, -0.15) is 0 Å². The Morgan fingerprint density at radius 3 is 2.62 bits per heavy atom. The monoisotopic (exact) mass is 344 g/mol. The van der Waals surface area contributed by atoms with E-state index in [2.05, 4.69) is 15.9 Å². The van der Waals surface area contributed by atoms with Gasteiger partial charge in [0.15, 0.2) is 11.0 Å². The molecule has 0 N–H and O–H groups in total. The number of halogens is 1. The predicted molar refractivity (Wildman–Crippen MR) is 80.7 cm³/mol. The van der Waals surface area contributed by atoms with Gasteiger partial charge in [-0.3, -0.25) is 4.79 Å². The third-order valence-electron chi connectivity index (χ3n) is 3.01. The zero-order valence-electron chi connectivity index (χ0n) is 10.7. The van der Waals surface area contributed by atoms with Crippen molar-refractivity contribution >= 4 is 39.0 Å². The van der Waals surface area contributed by atoms with Crippen molar-refractivity contribution in [3.05, 3.63) is 64.5 Å². The molecular weight excluding hydrogens is 336 g/mol. The van der Waals surface area contributed by atoms with Crippen molar-refractivity contribution in [1.82, 2.24) is 0 Å². The van der Waals surface area contributed by atoms with Crippen LogP contribution in [0.4, 0.5) is 0 Å². The maximum absolute atomic E-state index is 12.1. The van der Waals surface area contributed by atoms with Crippen LogP contribution in [0.1, 0.15) is 20.9 Å². The van der Waals surface area contributed by atoms with E-state index in [4.69, 9.17) is 9.15 Å². The molecule has 0 aliphatic rings. The molecule has 0 radical (unpaired) electrons. The number of esters is 1. The largest absolute Gasteiger partial charge is 0.442 e. The fraction of sp³-hybridized carbons (Fsp3) is 0. The topological polar surface area (TPSA) is 56.5 Å². The van der Waals surface area contributed by atoms with Gasteiger partial charge in [-0.15, -0.1) is 0 Å². The fourth-order valence-corrected chi connectivity index (χ4v) is 2.34. The average Bonchev–Trinajstić information content (AvgIpc) is 2.94. The van der Waals surface area contributed by atoms with Crippen LogP contribution in [0.2, 0.25) is 0 Å². The molecule has 4 nitrogen and oxygen atoms in total. The highest BCUT2D eigenvalue weighted by Crippen LogP contribution is 2.30. The van der Waals surface area contributed by atoms with Crippen LogP contribution in [-0.2, 0) is 0 Å². The van der Waals surface area contributed by atoms with E-state index in [-0.39, 0.29) is 11.5 Å². The number of ether oxygens (including phenoxy) is 1. The first-order chi connectivity index (χ1) is 10.2. The van der Waals surface area contributed by atoms with Crippen molar-refractivity contribution in [1.29, 1.82) is 0 Å². The van der Waals surface area contributed by atoms with Crippen molar-refractivity contribution < 1.29 is 18.7 Å². The van der Waals surface area contributed by atoms with Gasteiger partial charge < -0.3 is 9.15 Å². The quantitative estimate of drug-likeness (QED) is 0.405. The van der Waals surface area contributed by atoms with Crippen LogP contribution in [0.5, 0.6) is 5.75 Å². The molecule has 0 atom stereocenters. The van der Waals surface area contributed by atoms with Crippen molar-refractivity contribution in [3.8, 4) is 5.75 Å². The Labute approximate surface area is 128 Å². The molecule has 0 spiro atoms. The van der Waals surface area contributed by atoms with Gasteiger partial charge in [-0.05, 0) is 39.5 Å². The Morgan fingerprint density at radius 1 is 1.10 bits per heavy atom. The number of benzene rings is 2. The van der Waals surface area contributed by atoms with Gasteiger partial charge in [0.25, 0.3) is 0 Å². The van der Waals surface area contributed by atoms with E-state index in [9.17, 15) is 9.59 Å². The molecule has 0 saturated heterocycles. The molecule has 3 rings (SSSR count). The minimum absolute atomic E-state index is 0.0617. The number of aldehydes is 1. The van der Waals surface area contributed by atoms with E-state index in [1.54, 1.807) is 24.3 Å². The molecule has 3 aromatic rings. The molecule has 5 heteroatoms. The van der Waals surface area contributed by atoms with Crippen LogP contribution in [-0.4, -0.2) is 12.3 Å². The summed E-state index contributed by atoms with van der Waals surface area (Å²) in [5.74, 6) is -0.354. The van der Waals surface area contributed by atoms with E-state index in [1.165, 1.54) is 6.07 Å². The summed E-state index contributed by atoms with van der Waals surface area (Å²) in [5.41, 5.74) is 0.313. The van der Waals surface area contributed by atoms with Crippen LogP contribution in [0.25, 0.3) is 10.8 Å². The summed E-state index contributed by atoms with van der Waals surface area (Å²) in [6, 6.07) is 13.9. The van der Waals surface area contributed by atoms with Crippen LogP contribution in [0, 0.1) is 0 Å². The van der Waals surface area contributed by atoms with Gasteiger partial charge in [-0.25, -0.2) is 4.79 Å². The summed E-state index contributed by atoms with van der Waals surface area (Å²) >= 11 is 3.12. The Balaban J connectivity index is 2.06. The summed E-state index contributed by atoms with van der Waals surface area (Å²) in [7, 11) is 0. The lowest BCUT2D eigenvalue weighted by Crippen LogP contribution is -2.09. The van der Waals surface area contributed by atoms with Crippen molar-refractivity contribution in [2.45, 2.75) is 0 Å². The van der Waals surface area contributed by atoms with Gasteiger partial charge in [0.05, 0.1) is 5.56 Å². The normalized spacial score (nSPS) is 10.5. The Hall–Kier alpha value is -2.40. The lowest BCUT2D eigenvalue weighted by molar-refractivity contribution is 0.0701. The summed E-state index contributed by atoms with van der Waals surface area (Å²) in [6.07, 6.45) is 0.660. The SMILES string of the molecule is O=Cc1ccc2ccccc2c1OC(=O)c1ccc(Br)o1. The van der Waals surface area contributed by atoms with Crippen LogP contribution >= 0.6 is 15.9 Å². The van der Waals surface area contributed by atoms with Gasteiger partial charge >= 0.3 is 5.97 Å². The molecule has 2 aromatic carbocycles. The minimum Gasteiger partial charge on any atom is -0.442 e.